The normalized spacial score (nSPS) is 14.9. The topological polar surface area (TPSA) is 89.0 Å². The largest absolute Gasteiger partial charge is 0.490 e. The molecule has 0 aliphatic carbocycles. The van der Waals surface area contributed by atoms with E-state index in [9.17, 15) is 14.0 Å². The van der Waals surface area contributed by atoms with Gasteiger partial charge in [0.2, 0.25) is 6.17 Å². The predicted octanol–water partition coefficient (Wildman–Crippen LogP) is 5.36. The monoisotopic (exact) mass is 549 g/mol. The zero-order valence-electron chi connectivity index (χ0n) is 18.8. The fourth-order valence-electron chi connectivity index (χ4n) is 3.56. The summed E-state index contributed by atoms with van der Waals surface area (Å²) in [5, 5.41) is 6.02. The highest BCUT2D eigenvalue weighted by Gasteiger charge is 2.30. The number of para-hydroxylation sites is 1. The third kappa shape index (κ3) is 5.63. The SMILES string of the molecule is COCCOc1ccc(F)cc1C(=O)NC1N=C(c2c(Cl)cc(Cl)cc2Cl)c2ccccc2NC1=O. The third-order valence-corrected chi connectivity index (χ3v) is 6.00. The van der Waals surface area contributed by atoms with Crippen LogP contribution in [0.1, 0.15) is 21.5 Å². The van der Waals surface area contributed by atoms with E-state index >= 15 is 0 Å². The first-order valence-corrected chi connectivity index (χ1v) is 11.8. The average molecular weight is 551 g/mol. The number of anilines is 1. The summed E-state index contributed by atoms with van der Waals surface area (Å²) in [5.74, 6) is -1.92. The number of ether oxygens (including phenoxy) is 2. The second kappa shape index (κ2) is 11.3. The molecule has 3 aromatic rings. The number of benzene rings is 3. The van der Waals surface area contributed by atoms with Gasteiger partial charge in [-0.15, -0.1) is 0 Å². The number of hydrogen-bond acceptors (Lipinski definition) is 5. The third-order valence-electron chi connectivity index (χ3n) is 5.19. The molecule has 1 atom stereocenters. The molecule has 2 amide bonds. The summed E-state index contributed by atoms with van der Waals surface area (Å²) in [4.78, 5) is 30.7. The average Bonchev–Trinajstić information content (AvgIpc) is 2.96. The molecule has 186 valence electrons. The summed E-state index contributed by atoms with van der Waals surface area (Å²) in [6, 6.07) is 13.4. The Morgan fingerprint density at radius 3 is 2.53 bits per heavy atom. The fourth-order valence-corrected chi connectivity index (χ4v) is 4.56. The molecule has 1 aliphatic heterocycles. The maximum Gasteiger partial charge on any atom is 0.269 e. The number of methoxy groups -OCH3 is 1. The Morgan fingerprint density at radius 2 is 1.81 bits per heavy atom. The number of hydrogen-bond donors (Lipinski definition) is 2. The lowest BCUT2D eigenvalue weighted by atomic mass is 10.0. The molecule has 1 aliphatic rings. The van der Waals surface area contributed by atoms with Crippen LogP contribution in [0, 0.1) is 5.82 Å². The van der Waals surface area contributed by atoms with Crippen molar-refractivity contribution in [3.05, 3.63) is 92.2 Å². The summed E-state index contributed by atoms with van der Waals surface area (Å²) in [6.07, 6.45) is -1.40. The van der Waals surface area contributed by atoms with Gasteiger partial charge in [-0.05, 0) is 36.4 Å². The number of nitrogens with zero attached hydrogens (tertiary/aromatic N) is 1. The van der Waals surface area contributed by atoms with Crippen LogP contribution < -0.4 is 15.4 Å². The predicted molar refractivity (Wildman–Crippen MR) is 137 cm³/mol. The number of fused-ring (bicyclic) bond motifs is 1. The van der Waals surface area contributed by atoms with Crippen molar-refractivity contribution in [3.8, 4) is 5.75 Å². The first-order valence-electron chi connectivity index (χ1n) is 10.6. The Balaban J connectivity index is 1.75. The molecule has 2 N–H and O–H groups in total. The number of amides is 2. The quantitative estimate of drug-likeness (QED) is 0.388. The van der Waals surface area contributed by atoms with Gasteiger partial charge in [-0.3, -0.25) is 9.59 Å². The lowest BCUT2D eigenvalue weighted by Crippen LogP contribution is -2.42. The number of benzodiazepines with no additional fused rings is 1. The molecule has 0 saturated carbocycles. The highest BCUT2D eigenvalue weighted by molar-refractivity contribution is 6.44. The van der Waals surface area contributed by atoms with E-state index in [1.807, 2.05) is 0 Å². The number of halogens is 4. The van der Waals surface area contributed by atoms with Crippen molar-refractivity contribution >= 4 is 58.0 Å². The minimum atomic E-state index is -1.40. The molecule has 7 nitrogen and oxygen atoms in total. The van der Waals surface area contributed by atoms with Gasteiger partial charge in [-0.2, -0.15) is 0 Å². The summed E-state index contributed by atoms with van der Waals surface area (Å²) in [7, 11) is 1.50. The molecule has 0 bridgehead atoms. The highest BCUT2D eigenvalue weighted by atomic mass is 35.5. The lowest BCUT2D eigenvalue weighted by Gasteiger charge is -2.16. The molecule has 4 rings (SSSR count). The van der Waals surface area contributed by atoms with Crippen LogP contribution in [0.5, 0.6) is 5.75 Å². The van der Waals surface area contributed by atoms with Crippen LogP contribution in [0.25, 0.3) is 0 Å². The summed E-state index contributed by atoms with van der Waals surface area (Å²) in [5.41, 5.74) is 1.45. The maximum absolute atomic E-state index is 14.0. The van der Waals surface area contributed by atoms with Crippen LogP contribution in [0.2, 0.25) is 15.1 Å². The van der Waals surface area contributed by atoms with E-state index in [1.54, 1.807) is 24.3 Å². The molecule has 0 saturated heterocycles. The van der Waals surface area contributed by atoms with Crippen LogP contribution in [-0.2, 0) is 9.53 Å². The molecule has 0 aromatic heterocycles. The van der Waals surface area contributed by atoms with Crippen LogP contribution in [-0.4, -0.2) is 44.0 Å². The number of nitrogens with one attached hydrogen (secondary N) is 2. The van der Waals surface area contributed by atoms with Crippen LogP contribution in [0.3, 0.4) is 0 Å². The molecular weight excluding hydrogens is 532 g/mol. The smallest absolute Gasteiger partial charge is 0.269 e. The Labute approximate surface area is 221 Å². The van der Waals surface area contributed by atoms with Crippen LogP contribution in [0.15, 0.2) is 59.6 Å². The van der Waals surface area contributed by atoms with Crippen LogP contribution in [0.4, 0.5) is 10.1 Å². The fraction of sp³-hybridized carbons (Fsp3) is 0.160. The number of aliphatic imine (C=N–C) groups is 1. The minimum absolute atomic E-state index is 0.111. The van der Waals surface area contributed by atoms with Gasteiger partial charge in [0.25, 0.3) is 11.8 Å². The van der Waals surface area contributed by atoms with Gasteiger partial charge >= 0.3 is 0 Å². The van der Waals surface area contributed by atoms with E-state index in [0.717, 1.165) is 12.1 Å². The van der Waals surface area contributed by atoms with Gasteiger partial charge in [-0.25, -0.2) is 9.38 Å². The standard InChI is InChI=1S/C25H19Cl3FN3O4/c1-35-8-9-36-20-7-6-14(29)12-16(20)24(33)32-23-25(34)30-19-5-3-2-4-15(19)22(31-23)21-17(27)10-13(26)11-18(21)28/h2-7,10-12,23H,8-9H2,1H3,(H,30,34)(H,32,33). The second-order valence-electron chi connectivity index (χ2n) is 7.61. The van der Waals surface area contributed by atoms with E-state index in [0.29, 0.717) is 21.8 Å². The first-order chi connectivity index (χ1) is 17.3. The van der Waals surface area contributed by atoms with E-state index in [-0.39, 0.29) is 40.3 Å². The van der Waals surface area contributed by atoms with Crippen molar-refractivity contribution in [1.29, 1.82) is 0 Å². The molecule has 36 heavy (non-hydrogen) atoms. The van der Waals surface area contributed by atoms with Gasteiger partial charge < -0.3 is 20.1 Å². The molecular formula is C25H19Cl3FN3O4. The Hall–Kier alpha value is -3.17. The molecule has 1 heterocycles. The molecule has 0 spiro atoms. The van der Waals surface area contributed by atoms with Crippen molar-refractivity contribution < 1.29 is 23.5 Å². The molecule has 0 fully saturated rings. The summed E-state index contributed by atoms with van der Waals surface area (Å²) < 4.78 is 24.5. The molecule has 1 unspecified atom stereocenters. The van der Waals surface area contributed by atoms with Gasteiger partial charge in [-0.1, -0.05) is 53.0 Å². The Kier molecular flexibility index (Phi) is 8.11. The Morgan fingerprint density at radius 1 is 1.08 bits per heavy atom. The zero-order chi connectivity index (χ0) is 25.8. The maximum atomic E-state index is 14.0. The van der Waals surface area contributed by atoms with Gasteiger partial charge in [0.1, 0.15) is 18.2 Å². The van der Waals surface area contributed by atoms with E-state index in [1.165, 1.54) is 25.3 Å². The minimum Gasteiger partial charge on any atom is -0.490 e. The van der Waals surface area contributed by atoms with Crippen molar-refractivity contribution in [2.24, 2.45) is 4.99 Å². The molecule has 3 aromatic carbocycles. The van der Waals surface area contributed by atoms with E-state index in [4.69, 9.17) is 44.3 Å². The first kappa shape index (κ1) is 25.9. The second-order valence-corrected chi connectivity index (χ2v) is 8.87. The van der Waals surface area contributed by atoms with Crippen molar-refractivity contribution in [2.75, 3.05) is 25.6 Å². The van der Waals surface area contributed by atoms with E-state index in [2.05, 4.69) is 15.6 Å². The highest BCUT2D eigenvalue weighted by Crippen LogP contribution is 2.34. The lowest BCUT2D eigenvalue weighted by molar-refractivity contribution is -0.117. The number of rotatable bonds is 7. The Bertz CT molecular complexity index is 1340. The van der Waals surface area contributed by atoms with Crippen LogP contribution >= 0.6 is 34.8 Å². The van der Waals surface area contributed by atoms with Gasteiger partial charge in [0.05, 0.1) is 33.6 Å². The van der Waals surface area contributed by atoms with Gasteiger partial charge in [0.15, 0.2) is 0 Å². The summed E-state index contributed by atoms with van der Waals surface area (Å²) >= 11 is 19.0. The zero-order valence-corrected chi connectivity index (χ0v) is 21.0. The van der Waals surface area contributed by atoms with Crippen molar-refractivity contribution in [2.45, 2.75) is 6.17 Å². The van der Waals surface area contributed by atoms with Gasteiger partial charge in [0, 0.05) is 23.3 Å². The van der Waals surface area contributed by atoms with E-state index < -0.39 is 23.8 Å². The number of carbonyl (C=O) groups is 2. The summed E-state index contributed by atoms with van der Waals surface area (Å²) in [6.45, 7) is 0.398. The van der Waals surface area contributed by atoms with Crippen molar-refractivity contribution in [3.63, 3.8) is 0 Å². The molecule has 11 heteroatoms. The molecule has 0 radical (unpaired) electrons. The number of carbonyl (C=O) groups excluding carboxylic acids is 2. The van der Waals surface area contributed by atoms with Crippen molar-refractivity contribution in [1.82, 2.24) is 5.32 Å².